The molecule has 0 N–H and O–H groups in total. The molecule has 1 rings (SSSR count). The first-order valence-electron chi connectivity index (χ1n) is 4.63. The number of oxime groups is 1. The molecule has 0 radical (unpaired) electrons. The SMILES string of the molecule is CCC(=O)O/N=C/c1ccc(OC)cc1. The van der Waals surface area contributed by atoms with Gasteiger partial charge in [0.05, 0.1) is 13.3 Å². The molecule has 1 aromatic rings. The normalized spacial score (nSPS) is 10.3. The summed E-state index contributed by atoms with van der Waals surface area (Å²) in [5, 5.41) is 3.55. The highest BCUT2D eigenvalue weighted by molar-refractivity contribution is 5.80. The number of ether oxygens (including phenoxy) is 1. The van der Waals surface area contributed by atoms with Gasteiger partial charge in [-0.15, -0.1) is 0 Å². The molecular formula is C11H13NO3. The van der Waals surface area contributed by atoms with Crippen LogP contribution in [0.2, 0.25) is 0 Å². The van der Waals surface area contributed by atoms with Crippen molar-refractivity contribution in [3.63, 3.8) is 0 Å². The Hall–Kier alpha value is -1.84. The summed E-state index contributed by atoms with van der Waals surface area (Å²) < 4.78 is 5.00. The summed E-state index contributed by atoms with van der Waals surface area (Å²) in [5.74, 6) is 0.428. The molecule has 0 aliphatic rings. The van der Waals surface area contributed by atoms with Crippen LogP contribution in [-0.4, -0.2) is 19.3 Å². The number of hydrogen-bond donors (Lipinski definition) is 0. The van der Waals surface area contributed by atoms with Gasteiger partial charge in [-0.05, 0) is 29.8 Å². The minimum Gasteiger partial charge on any atom is -0.497 e. The van der Waals surface area contributed by atoms with Gasteiger partial charge in [-0.3, -0.25) is 0 Å². The van der Waals surface area contributed by atoms with Crippen LogP contribution in [0.5, 0.6) is 5.75 Å². The summed E-state index contributed by atoms with van der Waals surface area (Å²) in [4.78, 5) is 15.3. The lowest BCUT2D eigenvalue weighted by Gasteiger charge is -1.98. The molecule has 0 saturated heterocycles. The molecule has 0 heterocycles. The molecule has 4 nitrogen and oxygen atoms in total. The molecule has 80 valence electrons. The Balaban J connectivity index is 2.53. The second-order valence-corrected chi connectivity index (χ2v) is 2.82. The first-order valence-corrected chi connectivity index (χ1v) is 4.63. The van der Waals surface area contributed by atoms with Crippen LogP contribution in [0.4, 0.5) is 0 Å². The van der Waals surface area contributed by atoms with Gasteiger partial charge in [0.2, 0.25) is 0 Å². The summed E-state index contributed by atoms with van der Waals surface area (Å²) in [6.45, 7) is 1.71. The highest BCUT2D eigenvalue weighted by Gasteiger charge is 1.95. The summed E-state index contributed by atoms with van der Waals surface area (Å²) in [7, 11) is 1.60. The minimum atomic E-state index is -0.347. The van der Waals surface area contributed by atoms with Crippen molar-refractivity contribution in [1.29, 1.82) is 0 Å². The quantitative estimate of drug-likeness (QED) is 0.431. The number of carbonyl (C=O) groups excluding carboxylic acids is 1. The molecule has 0 bridgehead atoms. The lowest BCUT2D eigenvalue weighted by Crippen LogP contribution is -1.96. The first kappa shape index (κ1) is 11.2. The van der Waals surface area contributed by atoms with Crippen molar-refractivity contribution in [3.05, 3.63) is 29.8 Å². The van der Waals surface area contributed by atoms with Gasteiger partial charge in [0.1, 0.15) is 5.75 Å². The van der Waals surface area contributed by atoms with Crippen molar-refractivity contribution in [2.24, 2.45) is 5.16 Å². The van der Waals surface area contributed by atoms with E-state index < -0.39 is 0 Å². The smallest absolute Gasteiger partial charge is 0.334 e. The van der Waals surface area contributed by atoms with Gasteiger partial charge in [-0.1, -0.05) is 12.1 Å². The Morgan fingerprint density at radius 3 is 2.60 bits per heavy atom. The monoisotopic (exact) mass is 207 g/mol. The number of methoxy groups -OCH3 is 1. The van der Waals surface area contributed by atoms with E-state index in [-0.39, 0.29) is 5.97 Å². The maximum absolute atomic E-state index is 10.7. The van der Waals surface area contributed by atoms with E-state index in [4.69, 9.17) is 4.74 Å². The van der Waals surface area contributed by atoms with E-state index in [1.165, 1.54) is 6.21 Å². The van der Waals surface area contributed by atoms with E-state index in [0.29, 0.717) is 6.42 Å². The molecule has 0 saturated carbocycles. The average molecular weight is 207 g/mol. The van der Waals surface area contributed by atoms with Crippen LogP contribution in [0.3, 0.4) is 0 Å². The fourth-order valence-electron chi connectivity index (χ4n) is 0.901. The standard InChI is InChI=1S/C11H13NO3/c1-3-11(13)15-12-8-9-4-6-10(14-2)7-5-9/h4-8H,3H2,1-2H3/b12-8+. The molecule has 4 heteroatoms. The van der Waals surface area contributed by atoms with Crippen LogP contribution in [0.1, 0.15) is 18.9 Å². The van der Waals surface area contributed by atoms with Gasteiger partial charge in [0, 0.05) is 6.42 Å². The summed E-state index contributed by atoms with van der Waals surface area (Å²) in [6, 6.07) is 7.26. The Morgan fingerprint density at radius 2 is 2.07 bits per heavy atom. The van der Waals surface area contributed by atoms with Crippen molar-refractivity contribution in [1.82, 2.24) is 0 Å². The van der Waals surface area contributed by atoms with Crippen molar-refractivity contribution < 1.29 is 14.4 Å². The molecule has 0 unspecified atom stereocenters. The first-order chi connectivity index (χ1) is 7.26. The summed E-state index contributed by atoms with van der Waals surface area (Å²) >= 11 is 0. The van der Waals surface area contributed by atoms with Crippen LogP contribution < -0.4 is 4.74 Å². The van der Waals surface area contributed by atoms with E-state index >= 15 is 0 Å². The van der Waals surface area contributed by atoms with Gasteiger partial charge in [0.25, 0.3) is 0 Å². The Morgan fingerprint density at radius 1 is 1.40 bits per heavy atom. The van der Waals surface area contributed by atoms with Crippen LogP contribution in [0, 0.1) is 0 Å². The maximum atomic E-state index is 10.7. The molecule has 1 aromatic carbocycles. The van der Waals surface area contributed by atoms with Crippen molar-refractivity contribution in [3.8, 4) is 5.75 Å². The Bertz CT molecular complexity index is 343. The second-order valence-electron chi connectivity index (χ2n) is 2.82. The third-order valence-corrected chi connectivity index (χ3v) is 1.76. The fourth-order valence-corrected chi connectivity index (χ4v) is 0.901. The molecule has 0 atom stereocenters. The topological polar surface area (TPSA) is 47.9 Å². The van der Waals surface area contributed by atoms with Gasteiger partial charge in [-0.2, -0.15) is 0 Å². The van der Waals surface area contributed by atoms with Crippen molar-refractivity contribution >= 4 is 12.2 Å². The third kappa shape index (κ3) is 3.81. The molecule has 0 aliphatic carbocycles. The molecule has 0 spiro atoms. The molecule has 0 aromatic heterocycles. The van der Waals surface area contributed by atoms with E-state index in [1.54, 1.807) is 14.0 Å². The van der Waals surface area contributed by atoms with Crippen molar-refractivity contribution in [2.75, 3.05) is 7.11 Å². The molecule has 0 amide bonds. The molecule has 15 heavy (non-hydrogen) atoms. The Kier molecular flexibility index (Phi) is 4.34. The minimum absolute atomic E-state index is 0.319. The zero-order chi connectivity index (χ0) is 11.1. The van der Waals surface area contributed by atoms with Gasteiger partial charge in [-0.25, -0.2) is 4.79 Å². The second kappa shape index (κ2) is 5.80. The maximum Gasteiger partial charge on any atom is 0.334 e. The predicted octanol–water partition coefficient (Wildman–Crippen LogP) is 1.98. The molecule has 0 aliphatic heterocycles. The number of hydrogen-bond acceptors (Lipinski definition) is 4. The van der Waals surface area contributed by atoms with Gasteiger partial charge in [0.15, 0.2) is 0 Å². The lowest BCUT2D eigenvalue weighted by atomic mass is 10.2. The van der Waals surface area contributed by atoms with E-state index in [0.717, 1.165) is 11.3 Å². The lowest BCUT2D eigenvalue weighted by molar-refractivity contribution is -0.143. The zero-order valence-electron chi connectivity index (χ0n) is 8.77. The van der Waals surface area contributed by atoms with E-state index in [1.807, 2.05) is 24.3 Å². The number of carbonyl (C=O) groups is 1. The fraction of sp³-hybridized carbons (Fsp3) is 0.273. The molecule has 0 fully saturated rings. The highest BCUT2D eigenvalue weighted by atomic mass is 16.7. The van der Waals surface area contributed by atoms with E-state index in [9.17, 15) is 4.79 Å². The van der Waals surface area contributed by atoms with E-state index in [2.05, 4.69) is 9.99 Å². The number of nitrogens with zero attached hydrogens (tertiary/aromatic N) is 1. The largest absolute Gasteiger partial charge is 0.497 e. The van der Waals surface area contributed by atoms with Crippen LogP contribution in [0.15, 0.2) is 29.4 Å². The number of rotatable bonds is 4. The van der Waals surface area contributed by atoms with Crippen LogP contribution in [-0.2, 0) is 9.63 Å². The van der Waals surface area contributed by atoms with Gasteiger partial charge < -0.3 is 9.57 Å². The molecular weight excluding hydrogens is 194 g/mol. The Labute approximate surface area is 88.5 Å². The van der Waals surface area contributed by atoms with Crippen molar-refractivity contribution in [2.45, 2.75) is 13.3 Å². The third-order valence-electron chi connectivity index (χ3n) is 1.76. The highest BCUT2D eigenvalue weighted by Crippen LogP contribution is 2.09. The van der Waals surface area contributed by atoms with Crippen LogP contribution >= 0.6 is 0 Å². The number of benzene rings is 1. The van der Waals surface area contributed by atoms with Gasteiger partial charge >= 0.3 is 5.97 Å². The average Bonchev–Trinajstić information content (AvgIpc) is 2.29. The predicted molar refractivity (Wildman–Crippen MR) is 57.0 cm³/mol. The zero-order valence-corrected chi connectivity index (χ0v) is 8.77. The summed E-state index contributed by atoms with van der Waals surface area (Å²) in [5.41, 5.74) is 0.847. The van der Waals surface area contributed by atoms with Crippen LogP contribution in [0.25, 0.3) is 0 Å². The summed E-state index contributed by atoms with van der Waals surface area (Å²) in [6.07, 6.45) is 1.80.